The molecule has 0 aliphatic heterocycles. The molecule has 1 N–H and O–H groups in total. The zero-order valence-electron chi connectivity index (χ0n) is 12.5. The van der Waals surface area contributed by atoms with E-state index >= 15 is 0 Å². The molecule has 0 spiro atoms. The monoisotopic (exact) mass is 283 g/mol. The molecular formula is C17H21N3O. The normalized spacial score (nSPS) is 11.0. The first kappa shape index (κ1) is 15.1. The van der Waals surface area contributed by atoms with E-state index in [1.165, 1.54) is 0 Å². The van der Waals surface area contributed by atoms with Crippen LogP contribution in [-0.2, 0) is 0 Å². The third kappa shape index (κ3) is 5.28. The first-order valence-corrected chi connectivity index (χ1v) is 6.96. The second kappa shape index (κ2) is 8.07. The Kier molecular flexibility index (Phi) is 5.79. The van der Waals surface area contributed by atoms with Crippen LogP contribution >= 0.6 is 0 Å². The van der Waals surface area contributed by atoms with Gasteiger partial charge in [0.25, 0.3) is 0 Å². The molecule has 0 fully saturated rings. The fraction of sp³-hybridized carbons (Fsp3) is 0.235. The largest absolute Gasteiger partial charge is 0.492 e. The lowest BCUT2D eigenvalue weighted by Gasteiger charge is -2.12. The summed E-state index contributed by atoms with van der Waals surface area (Å²) in [5.74, 6) is 0.845. The van der Waals surface area contributed by atoms with Gasteiger partial charge in [0.2, 0.25) is 0 Å². The van der Waals surface area contributed by atoms with Crippen LogP contribution in [0.3, 0.4) is 0 Å². The Bertz CT molecular complexity index is 567. The van der Waals surface area contributed by atoms with E-state index < -0.39 is 0 Å². The number of benzene rings is 2. The molecule has 0 unspecified atom stereocenters. The number of rotatable bonds is 7. The predicted octanol–water partition coefficient (Wildman–Crippen LogP) is 3.07. The summed E-state index contributed by atoms with van der Waals surface area (Å²) in [5, 5.41) is 4.25. The molecular weight excluding hydrogens is 262 g/mol. The Labute approximate surface area is 126 Å². The number of hydrogen-bond donors (Lipinski definition) is 1. The minimum atomic E-state index is 0.657. The van der Waals surface area contributed by atoms with E-state index in [9.17, 15) is 0 Å². The predicted molar refractivity (Wildman–Crippen MR) is 88.1 cm³/mol. The Morgan fingerprint density at radius 3 is 2.52 bits per heavy atom. The number of hydrogen-bond acceptors (Lipinski definition) is 4. The van der Waals surface area contributed by atoms with Crippen LogP contribution in [0.25, 0.3) is 0 Å². The average Bonchev–Trinajstić information content (AvgIpc) is 2.49. The standard InChI is InChI=1S/C17H21N3O/c1-20(2)12-13-21-17-11-7-6-8-15(17)14-18-19-16-9-4-3-5-10-16/h3-11,14,19H,12-13H2,1-2H3. The maximum Gasteiger partial charge on any atom is 0.128 e. The average molecular weight is 283 g/mol. The first-order chi connectivity index (χ1) is 10.3. The van der Waals surface area contributed by atoms with Crippen LogP contribution in [0.4, 0.5) is 5.69 Å². The molecule has 110 valence electrons. The van der Waals surface area contributed by atoms with E-state index in [0.717, 1.165) is 23.5 Å². The highest BCUT2D eigenvalue weighted by molar-refractivity contribution is 5.83. The van der Waals surface area contributed by atoms with Crippen LogP contribution in [0.1, 0.15) is 5.56 Å². The number of anilines is 1. The van der Waals surface area contributed by atoms with Crippen molar-refractivity contribution in [2.24, 2.45) is 5.10 Å². The van der Waals surface area contributed by atoms with Gasteiger partial charge >= 0.3 is 0 Å². The summed E-state index contributed by atoms with van der Waals surface area (Å²) in [7, 11) is 4.06. The van der Waals surface area contributed by atoms with E-state index in [-0.39, 0.29) is 0 Å². The Morgan fingerprint density at radius 2 is 1.76 bits per heavy atom. The molecule has 2 aromatic carbocycles. The summed E-state index contributed by atoms with van der Waals surface area (Å²) in [6, 6.07) is 17.7. The van der Waals surface area contributed by atoms with E-state index in [1.54, 1.807) is 6.21 Å². The van der Waals surface area contributed by atoms with Gasteiger partial charge in [-0.25, -0.2) is 0 Å². The molecule has 0 bridgehead atoms. The fourth-order valence-electron chi connectivity index (χ4n) is 1.75. The minimum Gasteiger partial charge on any atom is -0.492 e. The quantitative estimate of drug-likeness (QED) is 0.627. The number of nitrogens with zero attached hydrogens (tertiary/aromatic N) is 2. The molecule has 0 atom stereocenters. The van der Waals surface area contributed by atoms with Crippen LogP contribution in [0.2, 0.25) is 0 Å². The molecule has 0 saturated heterocycles. The molecule has 4 nitrogen and oxygen atoms in total. The third-order valence-corrected chi connectivity index (χ3v) is 2.89. The van der Waals surface area contributed by atoms with Gasteiger partial charge in [-0.05, 0) is 38.4 Å². The molecule has 0 aliphatic rings. The van der Waals surface area contributed by atoms with Gasteiger partial charge in [0.15, 0.2) is 0 Å². The van der Waals surface area contributed by atoms with Crippen molar-refractivity contribution in [2.75, 3.05) is 32.7 Å². The zero-order valence-corrected chi connectivity index (χ0v) is 12.5. The molecule has 0 radical (unpaired) electrons. The lowest BCUT2D eigenvalue weighted by Crippen LogP contribution is -2.19. The smallest absolute Gasteiger partial charge is 0.128 e. The first-order valence-electron chi connectivity index (χ1n) is 6.96. The van der Waals surface area contributed by atoms with Crippen molar-refractivity contribution in [3.05, 3.63) is 60.2 Å². The molecule has 0 saturated carbocycles. The number of likely N-dealkylation sites (N-methyl/N-ethyl adjacent to an activating group) is 1. The molecule has 21 heavy (non-hydrogen) atoms. The van der Waals surface area contributed by atoms with Gasteiger partial charge in [-0.2, -0.15) is 5.10 Å². The Balaban J connectivity index is 1.96. The molecule has 2 aromatic rings. The molecule has 0 amide bonds. The zero-order chi connectivity index (χ0) is 14.9. The molecule has 0 aliphatic carbocycles. The van der Waals surface area contributed by atoms with Crippen molar-refractivity contribution in [1.82, 2.24) is 4.90 Å². The van der Waals surface area contributed by atoms with Gasteiger partial charge < -0.3 is 9.64 Å². The second-order valence-corrected chi connectivity index (χ2v) is 4.93. The topological polar surface area (TPSA) is 36.9 Å². The van der Waals surface area contributed by atoms with Crippen molar-refractivity contribution in [1.29, 1.82) is 0 Å². The van der Waals surface area contributed by atoms with Crippen LogP contribution < -0.4 is 10.2 Å². The van der Waals surface area contributed by atoms with E-state index in [1.807, 2.05) is 68.7 Å². The summed E-state index contributed by atoms with van der Waals surface area (Å²) in [4.78, 5) is 2.09. The summed E-state index contributed by atoms with van der Waals surface area (Å²) in [6.45, 7) is 1.54. The highest BCUT2D eigenvalue weighted by Gasteiger charge is 2.00. The summed E-state index contributed by atoms with van der Waals surface area (Å²) in [5.41, 5.74) is 4.92. The Morgan fingerprint density at radius 1 is 1.05 bits per heavy atom. The highest BCUT2D eigenvalue weighted by Crippen LogP contribution is 2.16. The molecule has 0 heterocycles. The molecule has 0 aromatic heterocycles. The number of para-hydroxylation sites is 2. The summed E-state index contributed by atoms with van der Waals surface area (Å²) in [6.07, 6.45) is 1.78. The number of hydrazone groups is 1. The van der Waals surface area contributed by atoms with Gasteiger partial charge in [0.05, 0.1) is 11.9 Å². The maximum absolute atomic E-state index is 5.79. The van der Waals surface area contributed by atoms with Gasteiger partial charge in [0, 0.05) is 12.1 Å². The lowest BCUT2D eigenvalue weighted by atomic mass is 10.2. The van der Waals surface area contributed by atoms with Crippen LogP contribution in [0.5, 0.6) is 5.75 Å². The van der Waals surface area contributed by atoms with Gasteiger partial charge in [0.1, 0.15) is 12.4 Å². The van der Waals surface area contributed by atoms with Gasteiger partial charge in [-0.1, -0.05) is 30.3 Å². The van der Waals surface area contributed by atoms with E-state index in [0.29, 0.717) is 6.61 Å². The van der Waals surface area contributed by atoms with Crippen molar-refractivity contribution < 1.29 is 4.74 Å². The fourth-order valence-corrected chi connectivity index (χ4v) is 1.75. The van der Waals surface area contributed by atoms with Gasteiger partial charge in [-0.3, -0.25) is 5.43 Å². The minimum absolute atomic E-state index is 0.657. The van der Waals surface area contributed by atoms with Crippen molar-refractivity contribution >= 4 is 11.9 Å². The third-order valence-electron chi connectivity index (χ3n) is 2.89. The highest BCUT2D eigenvalue weighted by atomic mass is 16.5. The van der Waals surface area contributed by atoms with E-state index in [4.69, 9.17) is 4.74 Å². The SMILES string of the molecule is CN(C)CCOc1ccccc1C=NNc1ccccc1. The Hall–Kier alpha value is -2.33. The van der Waals surface area contributed by atoms with Crippen molar-refractivity contribution in [3.63, 3.8) is 0 Å². The number of nitrogens with one attached hydrogen (secondary N) is 1. The van der Waals surface area contributed by atoms with Gasteiger partial charge in [-0.15, -0.1) is 0 Å². The second-order valence-electron chi connectivity index (χ2n) is 4.93. The van der Waals surface area contributed by atoms with E-state index in [2.05, 4.69) is 15.4 Å². The number of ether oxygens (including phenoxy) is 1. The lowest BCUT2D eigenvalue weighted by molar-refractivity contribution is 0.261. The van der Waals surface area contributed by atoms with Crippen LogP contribution in [0.15, 0.2) is 59.7 Å². The van der Waals surface area contributed by atoms with Crippen LogP contribution in [-0.4, -0.2) is 38.4 Å². The summed E-state index contributed by atoms with van der Waals surface area (Å²) < 4.78 is 5.79. The van der Waals surface area contributed by atoms with Crippen molar-refractivity contribution in [3.8, 4) is 5.75 Å². The summed E-state index contributed by atoms with van der Waals surface area (Å²) >= 11 is 0. The van der Waals surface area contributed by atoms with Crippen LogP contribution in [0, 0.1) is 0 Å². The molecule has 4 heteroatoms. The maximum atomic E-state index is 5.79. The van der Waals surface area contributed by atoms with Crippen molar-refractivity contribution in [2.45, 2.75) is 0 Å². The molecule has 2 rings (SSSR count).